The van der Waals surface area contributed by atoms with Crippen molar-refractivity contribution in [3.8, 4) is 0 Å². The molecular weight excluding hydrogens is 238 g/mol. The maximum Gasteiger partial charge on any atom is 0.0487 e. The van der Waals surface area contributed by atoms with Gasteiger partial charge in [-0.3, -0.25) is 0 Å². The molecule has 1 aliphatic carbocycles. The standard InChI is InChI=1S/C16H33NO2/c1-3-5-15-6-8-16(14-17,9-7-15)10-13-19-12-4-11-18-2/h15H,3-14,17H2,1-2H3. The van der Waals surface area contributed by atoms with Crippen LogP contribution in [-0.4, -0.2) is 33.5 Å². The van der Waals surface area contributed by atoms with Gasteiger partial charge in [-0.15, -0.1) is 0 Å². The molecule has 3 nitrogen and oxygen atoms in total. The van der Waals surface area contributed by atoms with E-state index in [1.165, 1.54) is 38.5 Å². The minimum Gasteiger partial charge on any atom is -0.385 e. The quantitative estimate of drug-likeness (QED) is 0.620. The maximum atomic E-state index is 6.04. The molecule has 0 radical (unpaired) electrons. The molecule has 0 aromatic carbocycles. The number of ether oxygens (including phenoxy) is 2. The highest BCUT2D eigenvalue weighted by atomic mass is 16.5. The lowest BCUT2D eigenvalue weighted by Gasteiger charge is -2.39. The van der Waals surface area contributed by atoms with Gasteiger partial charge in [0.15, 0.2) is 0 Å². The van der Waals surface area contributed by atoms with Gasteiger partial charge >= 0.3 is 0 Å². The topological polar surface area (TPSA) is 44.5 Å². The van der Waals surface area contributed by atoms with Crippen LogP contribution >= 0.6 is 0 Å². The molecule has 3 heteroatoms. The van der Waals surface area contributed by atoms with E-state index in [9.17, 15) is 0 Å². The van der Waals surface area contributed by atoms with Gasteiger partial charge in [-0.2, -0.15) is 0 Å². The highest BCUT2D eigenvalue weighted by molar-refractivity contribution is 4.86. The summed E-state index contributed by atoms with van der Waals surface area (Å²) in [6.45, 7) is 5.58. The number of hydrogen-bond acceptors (Lipinski definition) is 3. The third kappa shape index (κ3) is 6.24. The Labute approximate surface area is 119 Å². The lowest BCUT2D eigenvalue weighted by atomic mass is 9.68. The van der Waals surface area contributed by atoms with E-state index in [1.54, 1.807) is 7.11 Å². The first-order chi connectivity index (χ1) is 9.26. The zero-order chi connectivity index (χ0) is 14.0. The Morgan fingerprint density at radius 3 is 2.47 bits per heavy atom. The van der Waals surface area contributed by atoms with Gasteiger partial charge < -0.3 is 15.2 Å². The molecule has 0 aromatic rings. The normalized spacial score (nSPS) is 27.6. The molecule has 2 N–H and O–H groups in total. The number of rotatable bonds is 10. The van der Waals surface area contributed by atoms with Crippen molar-refractivity contribution >= 4 is 0 Å². The number of methoxy groups -OCH3 is 1. The Bertz CT molecular complexity index is 213. The van der Waals surface area contributed by atoms with E-state index >= 15 is 0 Å². The Morgan fingerprint density at radius 1 is 1.16 bits per heavy atom. The van der Waals surface area contributed by atoms with Crippen LogP contribution in [0.4, 0.5) is 0 Å². The van der Waals surface area contributed by atoms with Crippen molar-refractivity contribution in [2.45, 2.75) is 58.3 Å². The second kappa shape index (κ2) is 9.73. The molecule has 0 spiro atoms. The lowest BCUT2D eigenvalue weighted by molar-refractivity contribution is 0.0564. The Balaban J connectivity index is 2.18. The van der Waals surface area contributed by atoms with Gasteiger partial charge in [-0.05, 0) is 56.4 Å². The zero-order valence-electron chi connectivity index (χ0n) is 13.0. The van der Waals surface area contributed by atoms with Gasteiger partial charge in [0.05, 0.1) is 0 Å². The highest BCUT2D eigenvalue weighted by Crippen LogP contribution is 2.42. The second-order valence-corrected chi connectivity index (χ2v) is 6.14. The average molecular weight is 271 g/mol. The summed E-state index contributed by atoms with van der Waals surface area (Å²) < 4.78 is 10.7. The van der Waals surface area contributed by atoms with Gasteiger partial charge in [-0.1, -0.05) is 19.8 Å². The van der Waals surface area contributed by atoms with Crippen molar-refractivity contribution in [1.29, 1.82) is 0 Å². The first kappa shape index (κ1) is 16.9. The van der Waals surface area contributed by atoms with Gasteiger partial charge in [-0.25, -0.2) is 0 Å². The smallest absolute Gasteiger partial charge is 0.0487 e. The number of hydrogen-bond donors (Lipinski definition) is 1. The summed E-state index contributed by atoms with van der Waals surface area (Å²) in [5.74, 6) is 0.951. The molecule has 0 aliphatic heterocycles. The van der Waals surface area contributed by atoms with E-state index in [0.29, 0.717) is 5.41 Å². The molecule has 19 heavy (non-hydrogen) atoms. The van der Waals surface area contributed by atoms with Crippen LogP contribution in [0.1, 0.15) is 58.3 Å². The van der Waals surface area contributed by atoms with Crippen LogP contribution in [0.3, 0.4) is 0 Å². The molecule has 0 heterocycles. The largest absolute Gasteiger partial charge is 0.385 e. The first-order valence-corrected chi connectivity index (χ1v) is 8.03. The van der Waals surface area contributed by atoms with E-state index in [1.807, 2.05) is 0 Å². The molecule has 0 atom stereocenters. The van der Waals surface area contributed by atoms with Crippen LogP contribution < -0.4 is 5.73 Å². The van der Waals surface area contributed by atoms with E-state index in [2.05, 4.69) is 6.92 Å². The predicted molar refractivity (Wildman–Crippen MR) is 80.3 cm³/mol. The van der Waals surface area contributed by atoms with Gasteiger partial charge in [0.25, 0.3) is 0 Å². The summed E-state index contributed by atoms with van der Waals surface area (Å²) in [5, 5.41) is 0. The molecular formula is C16H33NO2. The third-order valence-electron chi connectivity index (χ3n) is 4.71. The van der Waals surface area contributed by atoms with Crippen LogP contribution in [0, 0.1) is 11.3 Å². The Kier molecular flexibility index (Phi) is 8.67. The summed E-state index contributed by atoms with van der Waals surface area (Å²) >= 11 is 0. The maximum absolute atomic E-state index is 6.04. The van der Waals surface area contributed by atoms with Crippen molar-refractivity contribution in [2.24, 2.45) is 17.1 Å². The third-order valence-corrected chi connectivity index (χ3v) is 4.71. The second-order valence-electron chi connectivity index (χ2n) is 6.14. The predicted octanol–water partition coefficient (Wildman–Crippen LogP) is 3.37. The SMILES string of the molecule is CCCC1CCC(CN)(CCOCCCOC)CC1. The van der Waals surface area contributed by atoms with E-state index < -0.39 is 0 Å². The van der Waals surface area contributed by atoms with Crippen LogP contribution in [0.5, 0.6) is 0 Å². The summed E-state index contributed by atoms with van der Waals surface area (Å²) in [6.07, 6.45) is 10.2. The summed E-state index contributed by atoms with van der Waals surface area (Å²) in [4.78, 5) is 0. The molecule has 1 aliphatic rings. The molecule has 1 rings (SSSR count). The summed E-state index contributed by atoms with van der Waals surface area (Å²) in [6, 6.07) is 0. The van der Waals surface area contributed by atoms with Crippen molar-refractivity contribution in [3.05, 3.63) is 0 Å². The molecule has 1 fully saturated rings. The Hall–Kier alpha value is -0.120. The van der Waals surface area contributed by atoms with Gasteiger partial charge in [0.1, 0.15) is 0 Å². The molecule has 0 aromatic heterocycles. The molecule has 1 saturated carbocycles. The molecule has 0 amide bonds. The van der Waals surface area contributed by atoms with Crippen molar-refractivity contribution in [3.63, 3.8) is 0 Å². The van der Waals surface area contributed by atoms with Crippen LogP contribution in [0.25, 0.3) is 0 Å². The fraction of sp³-hybridized carbons (Fsp3) is 1.00. The summed E-state index contributed by atoms with van der Waals surface area (Å²) in [5.41, 5.74) is 6.41. The minimum absolute atomic E-state index is 0.367. The lowest BCUT2D eigenvalue weighted by Crippen LogP contribution is -2.36. The van der Waals surface area contributed by atoms with Crippen molar-refractivity contribution < 1.29 is 9.47 Å². The van der Waals surface area contributed by atoms with Crippen LogP contribution in [-0.2, 0) is 9.47 Å². The molecule has 0 unspecified atom stereocenters. The average Bonchev–Trinajstić information content (AvgIpc) is 2.45. The van der Waals surface area contributed by atoms with E-state index in [0.717, 1.165) is 45.1 Å². The molecule has 0 bridgehead atoms. The van der Waals surface area contributed by atoms with E-state index in [-0.39, 0.29) is 0 Å². The molecule has 0 saturated heterocycles. The molecule has 114 valence electrons. The minimum atomic E-state index is 0.367. The van der Waals surface area contributed by atoms with Gasteiger partial charge in [0, 0.05) is 26.9 Å². The van der Waals surface area contributed by atoms with Gasteiger partial charge in [0.2, 0.25) is 0 Å². The fourth-order valence-electron chi connectivity index (χ4n) is 3.24. The van der Waals surface area contributed by atoms with E-state index in [4.69, 9.17) is 15.2 Å². The highest BCUT2D eigenvalue weighted by Gasteiger charge is 2.33. The Morgan fingerprint density at radius 2 is 1.89 bits per heavy atom. The number of nitrogens with two attached hydrogens (primary N) is 1. The van der Waals surface area contributed by atoms with Crippen molar-refractivity contribution in [1.82, 2.24) is 0 Å². The summed E-state index contributed by atoms with van der Waals surface area (Å²) in [7, 11) is 1.73. The monoisotopic (exact) mass is 271 g/mol. The zero-order valence-corrected chi connectivity index (χ0v) is 13.0. The van der Waals surface area contributed by atoms with Crippen LogP contribution in [0.2, 0.25) is 0 Å². The van der Waals surface area contributed by atoms with Crippen LogP contribution in [0.15, 0.2) is 0 Å². The van der Waals surface area contributed by atoms with Crippen molar-refractivity contribution in [2.75, 3.05) is 33.5 Å². The first-order valence-electron chi connectivity index (χ1n) is 8.03. The fourth-order valence-corrected chi connectivity index (χ4v) is 3.24.